The van der Waals surface area contributed by atoms with Crippen LogP contribution in [0.4, 0.5) is 0 Å². The molecule has 4 aromatic carbocycles. The van der Waals surface area contributed by atoms with Gasteiger partial charge in [0.05, 0.1) is 0 Å². The molecule has 0 amide bonds. The van der Waals surface area contributed by atoms with E-state index in [4.69, 9.17) is 0 Å². The van der Waals surface area contributed by atoms with Crippen molar-refractivity contribution in [2.45, 2.75) is 11.5 Å². The Hall–Kier alpha value is -2.20. The van der Waals surface area contributed by atoms with E-state index in [1.807, 2.05) is 84.9 Å². The number of rotatable bonds is 5. The molecule has 0 radical (unpaired) electrons. The van der Waals surface area contributed by atoms with E-state index in [1.54, 1.807) is 0 Å². The molecular weight excluding hydrogens is 488 g/mol. The first-order valence-electron chi connectivity index (χ1n) is 9.43. The molecule has 4 rings (SSSR count). The van der Waals surface area contributed by atoms with Gasteiger partial charge in [0.2, 0.25) is 0 Å². The Morgan fingerprint density at radius 3 is 1.21 bits per heavy atom. The van der Waals surface area contributed by atoms with Gasteiger partial charge in [0.25, 0.3) is 0 Å². The van der Waals surface area contributed by atoms with Crippen molar-refractivity contribution in [1.29, 1.82) is 0 Å². The fraction of sp³-hybridized carbons (Fsp3) is 0.0769. The molecule has 3 heteroatoms. The first-order chi connectivity index (χ1) is 14.1. The summed E-state index contributed by atoms with van der Waals surface area (Å²) < 4.78 is 2.03. The van der Waals surface area contributed by atoms with E-state index in [9.17, 15) is 5.11 Å². The number of aliphatic hydroxyl groups is 1. The maximum atomic E-state index is 12.4. The fourth-order valence-electron chi connectivity index (χ4n) is 3.87. The van der Waals surface area contributed by atoms with Crippen LogP contribution in [-0.4, -0.2) is 5.11 Å². The van der Waals surface area contributed by atoms with Gasteiger partial charge in [0, 0.05) is 14.9 Å². The highest BCUT2D eigenvalue weighted by Crippen LogP contribution is 2.46. The van der Waals surface area contributed by atoms with E-state index in [-0.39, 0.29) is 5.92 Å². The maximum absolute atomic E-state index is 12.4. The largest absolute Gasteiger partial charge is 0.379 e. The van der Waals surface area contributed by atoms with Crippen LogP contribution in [-0.2, 0) is 5.60 Å². The van der Waals surface area contributed by atoms with Crippen molar-refractivity contribution < 1.29 is 5.11 Å². The van der Waals surface area contributed by atoms with Gasteiger partial charge in [0.1, 0.15) is 5.60 Å². The predicted molar refractivity (Wildman–Crippen MR) is 126 cm³/mol. The first-order valence-corrected chi connectivity index (χ1v) is 11.0. The van der Waals surface area contributed by atoms with Crippen LogP contribution in [0.15, 0.2) is 118 Å². The smallest absolute Gasteiger partial charge is 0.125 e. The maximum Gasteiger partial charge on any atom is 0.125 e. The molecule has 0 bridgehead atoms. The Bertz CT molecular complexity index is 974. The van der Waals surface area contributed by atoms with Gasteiger partial charge in [-0.2, -0.15) is 0 Å². The number of hydrogen-bond donors (Lipinski definition) is 1. The van der Waals surface area contributed by atoms with Gasteiger partial charge >= 0.3 is 0 Å². The van der Waals surface area contributed by atoms with Crippen LogP contribution >= 0.6 is 31.9 Å². The van der Waals surface area contributed by atoms with Crippen LogP contribution in [0, 0.1) is 0 Å². The minimum Gasteiger partial charge on any atom is -0.379 e. The lowest BCUT2D eigenvalue weighted by molar-refractivity contribution is 0.0625. The highest BCUT2D eigenvalue weighted by atomic mass is 79.9. The van der Waals surface area contributed by atoms with Crippen molar-refractivity contribution >= 4 is 31.9 Å². The molecule has 0 unspecified atom stereocenters. The van der Waals surface area contributed by atoms with Crippen LogP contribution in [0.1, 0.15) is 28.2 Å². The van der Waals surface area contributed by atoms with Crippen LogP contribution < -0.4 is 0 Å². The van der Waals surface area contributed by atoms with Crippen molar-refractivity contribution in [1.82, 2.24) is 0 Å². The monoisotopic (exact) mass is 506 g/mol. The summed E-state index contributed by atoms with van der Waals surface area (Å²) in [6.45, 7) is 0. The zero-order valence-electron chi connectivity index (χ0n) is 15.7. The zero-order valence-corrected chi connectivity index (χ0v) is 18.8. The summed E-state index contributed by atoms with van der Waals surface area (Å²) in [5.41, 5.74) is 2.59. The zero-order chi connectivity index (χ0) is 20.3. The summed E-state index contributed by atoms with van der Waals surface area (Å²) in [5, 5.41) is 12.4. The minimum absolute atomic E-state index is 0.284. The summed E-state index contributed by atoms with van der Waals surface area (Å²) in [6.07, 6.45) is 0. The Kier molecular flexibility index (Phi) is 6.00. The van der Waals surface area contributed by atoms with Crippen LogP contribution in [0.3, 0.4) is 0 Å². The molecule has 144 valence electrons. The van der Waals surface area contributed by atoms with Gasteiger partial charge < -0.3 is 5.11 Å². The van der Waals surface area contributed by atoms with Gasteiger partial charge in [0.15, 0.2) is 0 Å². The van der Waals surface area contributed by atoms with Crippen LogP contribution in [0.25, 0.3) is 0 Å². The van der Waals surface area contributed by atoms with Gasteiger partial charge in [-0.3, -0.25) is 0 Å². The summed E-state index contributed by atoms with van der Waals surface area (Å²) >= 11 is 7.06. The van der Waals surface area contributed by atoms with Crippen molar-refractivity contribution in [3.8, 4) is 0 Å². The average molecular weight is 508 g/mol. The Labute approximate surface area is 188 Å². The normalized spacial score (nSPS) is 11.6. The molecule has 1 nitrogen and oxygen atoms in total. The molecule has 0 heterocycles. The minimum atomic E-state index is -1.23. The van der Waals surface area contributed by atoms with Crippen molar-refractivity contribution in [2.75, 3.05) is 0 Å². The molecule has 1 N–H and O–H groups in total. The third-order valence-electron chi connectivity index (χ3n) is 5.25. The predicted octanol–water partition coefficient (Wildman–Crippen LogP) is 7.28. The van der Waals surface area contributed by atoms with Crippen LogP contribution in [0.5, 0.6) is 0 Å². The highest BCUT2D eigenvalue weighted by Gasteiger charge is 2.42. The second-order valence-corrected chi connectivity index (χ2v) is 8.87. The van der Waals surface area contributed by atoms with Crippen LogP contribution in [0.2, 0.25) is 0 Å². The second-order valence-electron chi connectivity index (χ2n) is 7.03. The van der Waals surface area contributed by atoms with E-state index in [0.29, 0.717) is 0 Å². The van der Waals surface area contributed by atoms with E-state index in [0.717, 1.165) is 31.2 Å². The molecule has 0 fully saturated rings. The Morgan fingerprint density at radius 1 is 0.517 bits per heavy atom. The number of halogens is 2. The quantitative estimate of drug-likeness (QED) is 0.301. The first kappa shape index (κ1) is 20.1. The Morgan fingerprint density at radius 2 is 0.862 bits per heavy atom. The lowest BCUT2D eigenvalue weighted by Crippen LogP contribution is -2.35. The van der Waals surface area contributed by atoms with Gasteiger partial charge in [-0.05, 0) is 46.5 Å². The highest BCUT2D eigenvalue weighted by molar-refractivity contribution is 9.10. The van der Waals surface area contributed by atoms with Gasteiger partial charge in [-0.1, -0.05) is 117 Å². The van der Waals surface area contributed by atoms with Gasteiger partial charge in [-0.25, -0.2) is 0 Å². The van der Waals surface area contributed by atoms with E-state index >= 15 is 0 Å². The third kappa shape index (κ3) is 4.09. The van der Waals surface area contributed by atoms with E-state index in [1.165, 1.54) is 0 Å². The van der Waals surface area contributed by atoms with Crippen molar-refractivity contribution in [3.05, 3.63) is 140 Å². The molecule has 0 atom stereocenters. The van der Waals surface area contributed by atoms with Crippen molar-refractivity contribution in [3.63, 3.8) is 0 Å². The van der Waals surface area contributed by atoms with Gasteiger partial charge in [-0.15, -0.1) is 0 Å². The Balaban J connectivity index is 2.00. The molecule has 0 spiro atoms. The molecule has 0 saturated heterocycles. The SMILES string of the molecule is OC(c1ccccc1)(c1ccccc1)C(c1ccc(Br)cc1)c1ccc(Br)cc1. The summed E-state index contributed by atoms with van der Waals surface area (Å²) in [7, 11) is 0. The molecule has 0 aliphatic rings. The average Bonchev–Trinajstić information content (AvgIpc) is 2.77. The second kappa shape index (κ2) is 8.66. The molecule has 29 heavy (non-hydrogen) atoms. The summed E-state index contributed by atoms with van der Waals surface area (Å²) in [5.74, 6) is -0.284. The number of benzene rings is 4. The standard InChI is InChI=1S/C26H20Br2O/c27-23-15-11-19(12-16-23)25(20-13-17-24(28)18-14-20)26(29,21-7-3-1-4-8-21)22-9-5-2-6-10-22/h1-18,25,29H. The summed E-state index contributed by atoms with van der Waals surface area (Å²) in [6, 6.07) is 36.3. The molecule has 0 aliphatic heterocycles. The topological polar surface area (TPSA) is 20.2 Å². The third-order valence-corrected chi connectivity index (χ3v) is 6.31. The lowest BCUT2D eigenvalue weighted by atomic mass is 9.70. The van der Waals surface area contributed by atoms with E-state index < -0.39 is 5.60 Å². The molecular formula is C26H20Br2O. The van der Waals surface area contributed by atoms with E-state index in [2.05, 4.69) is 56.1 Å². The molecule has 0 aliphatic carbocycles. The lowest BCUT2D eigenvalue weighted by Gasteiger charge is -2.38. The fourth-order valence-corrected chi connectivity index (χ4v) is 4.40. The number of hydrogen-bond acceptors (Lipinski definition) is 1. The molecule has 0 aromatic heterocycles. The van der Waals surface area contributed by atoms with Crippen molar-refractivity contribution in [2.24, 2.45) is 0 Å². The molecule has 0 saturated carbocycles. The summed E-state index contributed by atoms with van der Waals surface area (Å²) in [4.78, 5) is 0. The molecule has 4 aromatic rings.